The minimum atomic E-state index is -3.49. The third-order valence-electron chi connectivity index (χ3n) is 6.89. The molecule has 0 aliphatic carbocycles. The number of nitrogens with one attached hydrogen (secondary N) is 2. The molecule has 9 heteroatoms. The van der Waals surface area contributed by atoms with E-state index in [1.807, 2.05) is 49.5 Å². The summed E-state index contributed by atoms with van der Waals surface area (Å²) in [5.74, 6) is -0.317. The van der Waals surface area contributed by atoms with Gasteiger partial charge in [-0.1, -0.05) is 37.3 Å². The van der Waals surface area contributed by atoms with Crippen LogP contribution in [0.25, 0.3) is 10.9 Å². The van der Waals surface area contributed by atoms with Crippen molar-refractivity contribution < 1.29 is 18.3 Å². The number of benzene rings is 2. The van der Waals surface area contributed by atoms with E-state index in [0.29, 0.717) is 37.2 Å². The van der Waals surface area contributed by atoms with Crippen LogP contribution < -0.4 is 14.9 Å². The van der Waals surface area contributed by atoms with Crippen molar-refractivity contribution in [3.8, 4) is 0 Å². The standard InChI is InChI=1S/C27H36N4O4S/c1-4-12-28-17-25(32)22(14-19-9-7-6-8-10-19)29-27(33)21-15-23-26-20(11-13-36(34,35)30(23)3)18-31(5-2)24(26)16-21/h6-10,15-16,18,22,25,28,32H,4-5,11-14,17H2,1-3H3,(H,29,33)/t22-,25+/m0/s1. The van der Waals surface area contributed by atoms with Crippen molar-refractivity contribution in [1.29, 1.82) is 0 Å². The fraction of sp³-hybridized carbons (Fsp3) is 0.444. The van der Waals surface area contributed by atoms with E-state index in [1.54, 1.807) is 13.1 Å². The smallest absolute Gasteiger partial charge is 0.251 e. The van der Waals surface area contributed by atoms with Crippen molar-refractivity contribution in [1.82, 2.24) is 15.2 Å². The number of anilines is 1. The molecule has 4 rings (SSSR count). The quantitative estimate of drug-likeness (QED) is 0.363. The van der Waals surface area contributed by atoms with Crippen molar-refractivity contribution in [2.45, 2.75) is 51.8 Å². The predicted octanol–water partition coefficient (Wildman–Crippen LogP) is 2.68. The van der Waals surface area contributed by atoms with Crippen molar-refractivity contribution in [3.05, 3.63) is 65.4 Å². The molecule has 3 aromatic rings. The van der Waals surface area contributed by atoms with Crippen LogP contribution in [-0.2, 0) is 29.4 Å². The molecule has 2 aromatic carbocycles. The van der Waals surface area contributed by atoms with Crippen LogP contribution in [0, 0.1) is 0 Å². The molecule has 0 radical (unpaired) electrons. The average Bonchev–Trinajstić information content (AvgIpc) is 3.20. The highest BCUT2D eigenvalue weighted by Crippen LogP contribution is 2.36. The van der Waals surface area contributed by atoms with Gasteiger partial charge in [0.15, 0.2) is 0 Å². The number of aromatic nitrogens is 1. The molecule has 1 amide bonds. The van der Waals surface area contributed by atoms with E-state index < -0.39 is 22.2 Å². The van der Waals surface area contributed by atoms with E-state index in [2.05, 4.69) is 22.1 Å². The Kier molecular flexibility index (Phi) is 8.02. The van der Waals surface area contributed by atoms with Crippen molar-refractivity contribution in [2.24, 2.45) is 0 Å². The number of carbonyl (C=O) groups excluding carboxylic acids is 1. The highest BCUT2D eigenvalue weighted by Gasteiger charge is 2.29. The Morgan fingerprint density at radius 1 is 1.17 bits per heavy atom. The Bertz CT molecular complexity index is 1320. The number of hydrogen-bond acceptors (Lipinski definition) is 5. The van der Waals surface area contributed by atoms with Gasteiger partial charge in [-0.25, -0.2) is 8.42 Å². The number of aliphatic hydroxyl groups is 1. The Morgan fingerprint density at radius 3 is 2.61 bits per heavy atom. The summed E-state index contributed by atoms with van der Waals surface area (Å²) < 4.78 is 29.0. The van der Waals surface area contributed by atoms with Crippen LogP contribution in [0.3, 0.4) is 0 Å². The maximum atomic E-state index is 13.6. The van der Waals surface area contributed by atoms with E-state index in [0.717, 1.165) is 35.0 Å². The van der Waals surface area contributed by atoms with Crippen LogP contribution in [0.2, 0.25) is 0 Å². The van der Waals surface area contributed by atoms with Gasteiger partial charge in [-0.15, -0.1) is 0 Å². The Labute approximate surface area is 213 Å². The first kappa shape index (κ1) is 26.2. The number of nitrogens with zero attached hydrogens (tertiary/aromatic N) is 2. The number of aliphatic hydroxyl groups excluding tert-OH is 1. The van der Waals surface area contributed by atoms with Gasteiger partial charge < -0.3 is 20.3 Å². The van der Waals surface area contributed by atoms with Crippen molar-refractivity contribution in [3.63, 3.8) is 0 Å². The monoisotopic (exact) mass is 512 g/mol. The highest BCUT2D eigenvalue weighted by molar-refractivity contribution is 7.92. The zero-order valence-electron chi connectivity index (χ0n) is 21.2. The van der Waals surface area contributed by atoms with Gasteiger partial charge in [0.2, 0.25) is 10.0 Å². The summed E-state index contributed by atoms with van der Waals surface area (Å²) in [6.45, 7) is 5.93. The minimum absolute atomic E-state index is 0.0264. The molecule has 8 nitrogen and oxygen atoms in total. The SMILES string of the molecule is CCCNC[C@@H](O)[C@H](Cc1ccccc1)NC(=O)c1cc2c3c(cn(CC)c3c1)CCS(=O)(=O)N2C. The molecule has 0 saturated carbocycles. The van der Waals surface area contributed by atoms with Crippen molar-refractivity contribution >= 4 is 32.5 Å². The summed E-state index contributed by atoms with van der Waals surface area (Å²) in [7, 11) is -1.94. The topological polar surface area (TPSA) is 104 Å². The van der Waals surface area contributed by atoms with Gasteiger partial charge in [0.25, 0.3) is 5.91 Å². The molecule has 0 spiro atoms. The van der Waals surface area contributed by atoms with Gasteiger partial charge in [-0.3, -0.25) is 9.10 Å². The van der Waals surface area contributed by atoms with Crippen LogP contribution in [0.1, 0.15) is 41.8 Å². The molecule has 0 saturated heterocycles. The Balaban J connectivity index is 1.69. The summed E-state index contributed by atoms with van der Waals surface area (Å²) in [6.07, 6.45) is 3.05. The van der Waals surface area contributed by atoms with Crippen LogP contribution in [0.15, 0.2) is 48.7 Å². The molecule has 0 unspecified atom stereocenters. The third-order valence-corrected chi connectivity index (χ3v) is 8.64. The molecular weight excluding hydrogens is 476 g/mol. The van der Waals surface area contributed by atoms with E-state index in [9.17, 15) is 18.3 Å². The maximum absolute atomic E-state index is 13.6. The first-order chi connectivity index (χ1) is 17.2. The van der Waals surface area contributed by atoms with Gasteiger partial charge in [-0.05, 0) is 56.0 Å². The minimum Gasteiger partial charge on any atom is -0.390 e. The summed E-state index contributed by atoms with van der Waals surface area (Å²) in [5.41, 5.74) is 3.70. The fourth-order valence-electron chi connectivity index (χ4n) is 4.82. The number of aryl methyl sites for hydroxylation is 2. The number of rotatable bonds is 10. The van der Waals surface area contributed by atoms with E-state index in [-0.39, 0.29) is 11.7 Å². The molecule has 1 aromatic heterocycles. The fourth-order valence-corrected chi connectivity index (χ4v) is 6.01. The molecule has 36 heavy (non-hydrogen) atoms. The second-order valence-electron chi connectivity index (χ2n) is 9.40. The molecule has 2 atom stereocenters. The lowest BCUT2D eigenvalue weighted by Crippen LogP contribution is -2.48. The van der Waals surface area contributed by atoms with E-state index >= 15 is 0 Å². The first-order valence-corrected chi connectivity index (χ1v) is 14.2. The third kappa shape index (κ3) is 5.43. The normalized spacial score (nSPS) is 16.5. The summed E-state index contributed by atoms with van der Waals surface area (Å²) in [5, 5.41) is 18.1. The van der Waals surface area contributed by atoms with Crippen LogP contribution in [0.5, 0.6) is 0 Å². The van der Waals surface area contributed by atoms with Crippen LogP contribution in [0.4, 0.5) is 5.69 Å². The Hall–Kier alpha value is -2.88. The van der Waals surface area contributed by atoms with Crippen LogP contribution in [-0.4, -0.2) is 62.0 Å². The maximum Gasteiger partial charge on any atom is 0.251 e. The molecule has 0 bridgehead atoms. The molecular formula is C27H36N4O4S. The molecule has 1 aliphatic rings. The van der Waals surface area contributed by atoms with E-state index in [1.165, 1.54) is 4.31 Å². The second kappa shape index (κ2) is 11.0. The Morgan fingerprint density at radius 2 is 1.92 bits per heavy atom. The number of hydrogen-bond donors (Lipinski definition) is 3. The molecule has 3 N–H and O–H groups in total. The van der Waals surface area contributed by atoms with Gasteiger partial charge in [0.05, 0.1) is 29.1 Å². The largest absolute Gasteiger partial charge is 0.390 e. The van der Waals surface area contributed by atoms with Gasteiger partial charge in [0, 0.05) is 37.3 Å². The second-order valence-corrected chi connectivity index (χ2v) is 11.5. The van der Waals surface area contributed by atoms with Gasteiger partial charge in [0.1, 0.15) is 0 Å². The molecule has 1 aliphatic heterocycles. The number of sulfonamides is 1. The number of amides is 1. The first-order valence-electron chi connectivity index (χ1n) is 12.6. The predicted molar refractivity (Wildman–Crippen MR) is 144 cm³/mol. The summed E-state index contributed by atoms with van der Waals surface area (Å²) >= 11 is 0. The average molecular weight is 513 g/mol. The van der Waals surface area contributed by atoms with Gasteiger partial charge >= 0.3 is 0 Å². The molecule has 0 fully saturated rings. The molecule has 2 heterocycles. The zero-order chi connectivity index (χ0) is 25.9. The lowest BCUT2D eigenvalue weighted by Gasteiger charge is -2.25. The summed E-state index contributed by atoms with van der Waals surface area (Å²) in [4.78, 5) is 13.6. The van der Waals surface area contributed by atoms with E-state index in [4.69, 9.17) is 0 Å². The zero-order valence-corrected chi connectivity index (χ0v) is 22.0. The van der Waals surface area contributed by atoms with Crippen LogP contribution >= 0.6 is 0 Å². The highest BCUT2D eigenvalue weighted by atomic mass is 32.2. The summed E-state index contributed by atoms with van der Waals surface area (Å²) in [6, 6.07) is 12.7. The van der Waals surface area contributed by atoms with Crippen molar-refractivity contribution in [2.75, 3.05) is 30.2 Å². The lowest BCUT2D eigenvalue weighted by atomic mass is 10.00. The molecule has 194 valence electrons. The number of carbonyl (C=O) groups is 1. The van der Waals surface area contributed by atoms with Gasteiger partial charge in [-0.2, -0.15) is 0 Å². The lowest BCUT2D eigenvalue weighted by molar-refractivity contribution is 0.0831.